The van der Waals surface area contributed by atoms with Gasteiger partial charge in [-0.05, 0) is 37.4 Å². The molecule has 2 rings (SSSR count). The van der Waals surface area contributed by atoms with Crippen LogP contribution in [-0.4, -0.2) is 49.1 Å². The van der Waals surface area contributed by atoms with E-state index in [1.807, 2.05) is 0 Å². The fourth-order valence-electron chi connectivity index (χ4n) is 3.21. The van der Waals surface area contributed by atoms with E-state index in [1.165, 1.54) is 38.0 Å². The molecule has 1 aromatic rings. The maximum absolute atomic E-state index is 5.69. The molecule has 3 nitrogen and oxygen atoms in total. The molecule has 1 atom stereocenters. The monoisotopic (exact) mass is 275 g/mol. The molecule has 0 amide bonds. The van der Waals surface area contributed by atoms with E-state index < -0.39 is 0 Å². The first-order valence-corrected chi connectivity index (χ1v) is 8.00. The smallest absolute Gasteiger partial charge is 0.0233 e. The summed E-state index contributed by atoms with van der Waals surface area (Å²) < 4.78 is 0. The molecule has 0 radical (unpaired) electrons. The van der Waals surface area contributed by atoms with Gasteiger partial charge in [-0.15, -0.1) is 0 Å². The highest BCUT2D eigenvalue weighted by atomic mass is 15.2. The van der Waals surface area contributed by atoms with Gasteiger partial charge < -0.3 is 10.6 Å². The van der Waals surface area contributed by atoms with Crippen molar-refractivity contribution in [2.45, 2.75) is 26.3 Å². The van der Waals surface area contributed by atoms with Crippen LogP contribution in [0.2, 0.25) is 0 Å². The van der Waals surface area contributed by atoms with Crippen LogP contribution in [0.15, 0.2) is 30.3 Å². The van der Waals surface area contributed by atoms with Crippen LogP contribution in [0, 0.1) is 5.92 Å². The summed E-state index contributed by atoms with van der Waals surface area (Å²) in [6.45, 7) is 9.94. The number of nitrogens with zero attached hydrogens (tertiary/aromatic N) is 2. The van der Waals surface area contributed by atoms with Crippen LogP contribution in [0.4, 0.5) is 0 Å². The zero-order valence-electron chi connectivity index (χ0n) is 12.8. The van der Waals surface area contributed by atoms with Crippen molar-refractivity contribution in [3.63, 3.8) is 0 Å². The second kappa shape index (κ2) is 8.40. The summed E-state index contributed by atoms with van der Waals surface area (Å²) in [6.07, 6.45) is 2.70. The van der Waals surface area contributed by atoms with E-state index in [9.17, 15) is 0 Å². The summed E-state index contributed by atoms with van der Waals surface area (Å²) in [5.41, 5.74) is 7.12. The lowest BCUT2D eigenvalue weighted by Crippen LogP contribution is -2.41. The summed E-state index contributed by atoms with van der Waals surface area (Å²) in [5.74, 6) is 0.805. The summed E-state index contributed by atoms with van der Waals surface area (Å²) in [6, 6.07) is 10.8. The Balaban J connectivity index is 1.82. The van der Waals surface area contributed by atoms with E-state index in [-0.39, 0.29) is 0 Å². The van der Waals surface area contributed by atoms with Crippen LogP contribution in [-0.2, 0) is 6.54 Å². The minimum absolute atomic E-state index is 0.772. The number of hydrogen-bond donors (Lipinski definition) is 1. The third-order valence-electron chi connectivity index (χ3n) is 4.26. The van der Waals surface area contributed by atoms with Crippen LogP contribution >= 0.6 is 0 Å². The number of rotatable bonds is 7. The number of likely N-dealkylation sites (tertiary alicyclic amines) is 1. The Morgan fingerprint density at radius 2 is 2.10 bits per heavy atom. The number of hydrogen-bond acceptors (Lipinski definition) is 3. The third-order valence-corrected chi connectivity index (χ3v) is 4.26. The van der Waals surface area contributed by atoms with E-state index in [0.29, 0.717) is 0 Å². The van der Waals surface area contributed by atoms with E-state index in [2.05, 4.69) is 47.1 Å². The SMILES string of the molecule is CCN(CCN)C[C@@H]1CCCN(Cc2ccccc2)C1. The molecule has 112 valence electrons. The van der Waals surface area contributed by atoms with Crippen molar-refractivity contribution in [3.05, 3.63) is 35.9 Å². The first kappa shape index (κ1) is 15.5. The predicted octanol–water partition coefficient (Wildman–Crippen LogP) is 2.18. The van der Waals surface area contributed by atoms with Crippen LogP contribution in [0.5, 0.6) is 0 Å². The largest absolute Gasteiger partial charge is 0.329 e. The average Bonchev–Trinajstić information content (AvgIpc) is 2.48. The number of benzene rings is 1. The zero-order chi connectivity index (χ0) is 14.2. The second-order valence-electron chi connectivity index (χ2n) is 5.91. The third kappa shape index (κ3) is 4.89. The van der Waals surface area contributed by atoms with Crippen molar-refractivity contribution in [1.29, 1.82) is 0 Å². The Hall–Kier alpha value is -0.900. The van der Waals surface area contributed by atoms with E-state index in [4.69, 9.17) is 5.73 Å². The lowest BCUT2D eigenvalue weighted by Gasteiger charge is -2.35. The van der Waals surface area contributed by atoms with Gasteiger partial charge in [0.25, 0.3) is 0 Å². The molecule has 0 bridgehead atoms. The average molecular weight is 275 g/mol. The van der Waals surface area contributed by atoms with Gasteiger partial charge in [-0.3, -0.25) is 4.90 Å². The lowest BCUT2D eigenvalue weighted by molar-refractivity contribution is 0.131. The molecule has 0 unspecified atom stereocenters. The molecule has 20 heavy (non-hydrogen) atoms. The van der Waals surface area contributed by atoms with Gasteiger partial charge in [-0.1, -0.05) is 37.3 Å². The molecule has 0 aromatic heterocycles. The molecule has 2 N–H and O–H groups in total. The molecule has 1 saturated heterocycles. The molecular weight excluding hydrogens is 246 g/mol. The van der Waals surface area contributed by atoms with Crippen LogP contribution in [0.1, 0.15) is 25.3 Å². The van der Waals surface area contributed by atoms with Gasteiger partial charge in [0.15, 0.2) is 0 Å². The topological polar surface area (TPSA) is 32.5 Å². The Morgan fingerprint density at radius 1 is 1.30 bits per heavy atom. The molecule has 1 aromatic carbocycles. The fourth-order valence-corrected chi connectivity index (χ4v) is 3.21. The van der Waals surface area contributed by atoms with Gasteiger partial charge in [-0.2, -0.15) is 0 Å². The number of nitrogens with two attached hydrogens (primary N) is 1. The Labute approximate surface area is 123 Å². The highest BCUT2D eigenvalue weighted by Crippen LogP contribution is 2.19. The Bertz CT molecular complexity index is 366. The van der Waals surface area contributed by atoms with E-state index >= 15 is 0 Å². The molecule has 0 aliphatic carbocycles. The molecule has 0 saturated carbocycles. The number of piperidine rings is 1. The molecule has 1 aliphatic heterocycles. The second-order valence-corrected chi connectivity index (χ2v) is 5.91. The first-order chi connectivity index (χ1) is 9.81. The predicted molar refractivity (Wildman–Crippen MR) is 85.6 cm³/mol. The summed E-state index contributed by atoms with van der Waals surface area (Å²) >= 11 is 0. The normalized spacial score (nSPS) is 20.4. The zero-order valence-corrected chi connectivity index (χ0v) is 12.8. The Kier molecular flexibility index (Phi) is 6.51. The summed E-state index contributed by atoms with van der Waals surface area (Å²) in [4.78, 5) is 5.11. The molecule has 0 spiro atoms. The minimum atomic E-state index is 0.772. The highest BCUT2D eigenvalue weighted by Gasteiger charge is 2.21. The van der Waals surface area contributed by atoms with Gasteiger partial charge in [0.1, 0.15) is 0 Å². The van der Waals surface area contributed by atoms with Gasteiger partial charge in [-0.25, -0.2) is 0 Å². The summed E-state index contributed by atoms with van der Waals surface area (Å²) in [7, 11) is 0. The van der Waals surface area contributed by atoms with Crippen molar-refractivity contribution in [2.24, 2.45) is 11.7 Å². The minimum Gasteiger partial charge on any atom is -0.329 e. The molecule has 3 heteroatoms. The molecule has 1 aliphatic rings. The van der Waals surface area contributed by atoms with Crippen molar-refractivity contribution in [1.82, 2.24) is 9.80 Å². The lowest BCUT2D eigenvalue weighted by atomic mass is 9.97. The van der Waals surface area contributed by atoms with Crippen molar-refractivity contribution >= 4 is 0 Å². The molecule has 1 fully saturated rings. The van der Waals surface area contributed by atoms with Gasteiger partial charge >= 0.3 is 0 Å². The van der Waals surface area contributed by atoms with E-state index in [0.717, 1.165) is 32.1 Å². The van der Waals surface area contributed by atoms with Gasteiger partial charge in [0, 0.05) is 32.7 Å². The quantitative estimate of drug-likeness (QED) is 0.828. The van der Waals surface area contributed by atoms with Crippen LogP contribution in [0.3, 0.4) is 0 Å². The van der Waals surface area contributed by atoms with Gasteiger partial charge in [0.05, 0.1) is 0 Å². The maximum Gasteiger partial charge on any atom is 0.0233 e. The summed E-state index contributed by atoms with van der Waals surface area (Å²) in [5, 5.41) is 0. The first-order valence-electron chi connectivity index (χ1n) is 8.00. The number of likely N-dealkylation sites (N-methyl/N-ethyl adjacent to an activating group) is 1. The van der Waals surface area contributed by atoms with E-state index in [1.54, 1.807) is 0 Å². The standard InChI is InChI=1S/C17H29N3/c1-2-19(12-10-18)14-17-9-6-11-20(15-17)13-16-7-4-3-5-8-16/h3-5,7-8,17H,2,6,9-15,18H2,1H3/t17-/m0/s1. The van der Waals surface area contributed by atoms with Crippen LogP contribution in [0.25, 0.3) is 0 Å². The van der Waals surface area contributed by atoms with Crippen molar-refractivity contribution < 1.29 is 0 Å². The maximum atomic E-state index is 5.69. The van der Waals surface area contributed by atoms with Crippen molar-refractivity contribution in [2.75, 3.05) is 39.3 Å². The Morgan fingerprint density at radius 3 is 2.80 bits per heavy atom. The molecule has 1 heterocycles. The van der Waals surface area contributed by atoms with Crippen LogP contribution < -0.4 is 5.73 Å². The van der Waals surface area contributed by atoms with Gasteiger partial charge in [0.2, 0.25) is 0 Å². The molecular formula is C17H29N3. The fraction of sp³-hybridized carbons (Fsp3) is 0.647. The van der Waals surface area contributed by atoms with Crippen molar-refractivity contribution in [3.8, 4) is 0 Å². The highest BCUT2D eigenvalue weighted by molar-refractivity contribution is 5.14.